The van der Waals surface area contributed by atoms with Crippen molar-refractivity contribution in [1.29, 1.82) is 5.26 Å². The van der Waals surface area contributed by atoms with Gasteiger partial charge in [-0.2, -0.15) is 5.26 Å². The summed E-state index contributed by atoms with van der Waals surface area (Å²) in [4.78, 5) is 2.36. The molecule has 0 bridgehead atoms. The molecule has 1 fully saturated rings. The summed E-state index contributed by atoms with van der Waals surface area (Å²) < 4.78 is 0. The number of hydrogen-bond donors (Lipinski definition) is 1. The topological polar surface area (TPSA) is 39.1 Å². The molecule has 0 saturated carbocycles. The summed E-state index contributed by atoms with van der Waals surface area (Å²) in [5.41, 5.74) is 0. The Hall–Kier alpha value is -0.590. The summed E-state index contributed by atoms with van der Waals surface area (Å²) in [6, 6.07) is 2.76. The highest BCUT2D eigenvalue weighted by Crippen LogP contribution is 2.06. The van der Waals surface area contributed by atoms with Crippen molar-refractivity contribution in [2.45, 2.75) is 25.3 Å². The van der Waals surface area contributed by atoms with Crippen LogP contribution in [0.2, 0.25) is 0 Å². The van der Waals surface area contributed by atoms with Gasteiger partial charge in [0.25, 0.3) is 0 Å². The summed E-state index contributed by atoms with van der Waals surface area (Å²) in [5.74, 6) is 0. The van der Waals surface area contributed by atoms with Crippen molar-refractivity contribution in [1.82, 2.24) is 10.2 Å². The zero-order valence-corrected chi connectivity index (χ0v) is 7.71. The second kappa shape index (κ2) is 5.13. The van der Waals surface area contributed by atoms with E-state index in [4.69, 9.17) is 5.26 Å². The molecule has 3 heteroatoms. The summed E-state index contributed by atoms with van der Waals surface area (Å²) in [6.07, 6.45) is 2.90. The van der Waals surface area contributed by atoms with Gasteiger partial charge in [-0.05, 0) is 33.0 Å². The second-order valence-corrected chi connectivity index (χ2v) is 3.39. The van der Waals surface area contributed by atoms with Crippen molar-refractivity contribution in [2.75, 3.05) is 26.7 Å². The molecule has 1 unspecified atom stereocenters. The molecule has 0 aromatic carbocycles. The van der Waals surface area contributed by atoms with Gasteiger partial charge in [-0.15, -0.1) is 0 Å². The third-order valence-corrected chi connectivity index (χ3v) is 2.46. The zero-order valence-electron chi connectivity index (χ0n) is 7.71. The standard InChI is InChI=1S/C9H17N3/c1-12-7-3-6-11-8-9(12)4-2-5-10/h9,11H,2-4,6-8H2,1H3. The first-order valence-electron chi connectivity index (χ1n) is 4.62. The predicted octanol–water partition coefficient (Wildman–Crippen LogP) is 0.584. The van der Waals surface area contributed by atoms with E-state index in [2.05, 4.69) is 23.3 Å². The van der Waals surface area contributed by atoms with Gasteiger partial charge in [0.1, 0.15) is 0 Å². The van der Waals surface area contributed by atoms with Gasteiger partial charge in [0.2, 0.25) is 0 Å². The fourth-order valence-electron chi connectivity index (χ4n) is 1.61. The van der Waals surface area contributed by atoms with Crippen molar-refractivity contribution in [3.8, 4) is 6.07 Å². The molecule has 3 nitrogen and oxygen atoms in total. The van der Waals surface area contributed by atoms with Gasteiger partial charge < -0.3 is 10.2 Å². The Labute approximate surface area is 74.4 Å². The predicted molar refractivity (Wildman–Crippen MR) is 48.8 cm³/mol. The first kappa shape index (κ1) is 9.50. The van der Waals surface area contributed by atoms with Gasteiger partial charge in [-0.3, -0.25) is 0 Å². The van der Waals surface area contributed by atoms with Crippen LogP contribution in [0.3, 0.4) is 0 Å². The van der Waals surface area contributed by atoms with Crippen molar-refractivity contribution in [3.63, 3.8) is 0 Å². The smallest absolute Gasteiger partial charge is 0.0622 e. The fourth-order valence-corrected chi connectivity index (χ4v) is 1.61. The number of nitrogens with one attached hydrogen (secondary N) is 1. The molecular weight excluding hydrogens is 150 g/mol. The lowest BCUT2D eigenvalue weighted by atomic mass is 10.1. The maximum atomic E-state index is 8.46. The highest BCUT2D eigenvalue weighted by Gasteiger charge is 2.15. The molecule has 1 heterocycles. The normalized spacial score (nSPS) is 26.2. The van der Waals surface area contributed by atoms with Gasteiger partial charge in [0, 0.05) is 19.0 Å². The third kappa shape index (κ3) is 2.80. The van der Waals surface area contributed by atoms with E-state index in [0.29, 0.717) is 12.5 Å². The monoisotopic (exact) mass is 167 g/mol. The number of nitrogens with zero attached hydrogens (tertiary/aromatic N) is 2. The van der Waals surface area contributed by atoms with Crippen molar-refractivity contribution >= 4 is 0 Å². The average molecular weight is 167 g/mol. The molecule has 68 valence electrons. The van der Waals surface area contributed by atoms with Crippen molar-refractivity contribution in [3.05, 3.63) is 0 Å². The van der Waals surface area contributed by atoms with E-state index >= 15 is 0 Å². The Bertz CT molecular complexity index is 162. The molecule has 0 spiro atoms. The van der Waals surface area contributed by atoms with Gasteiger partial charge in [-0.25, -0.2) is 0 Å². The maximum Gasteiger partial charge on any atom is 0.0622 e. The fraction of sp³-hybridized carbons (Fsp3) is 0.889. The highest BCUT2D eigenvalue weighted by molar-refractivity contribution is 4.80. The van der Waals surface area contributed by atoms with Crippen molar-refractivity contribution < 1.29 is 0 Å². The van der Waals surface area contributed by atoms with Crippen molar-refractivity contribution in [2.24, 2.45) is 0 Å². The Kier molecular flexibility index (Phi) is 4.06. The Morgan fingerprint density at radius 1 is 1.67 bits per heavy atom. The molecular formula is C9H17N3. The van der Waals surface area contributed by atoms with E-state index in [0.717, 1.165) is 26.1 Å². The van der Waals surface area contributed by atoms with E-state index in [-0.39, 0.29) is 0 Å². The number of rotatable bonds is 2. The lowest BCUT2D eigenvalue weighted by Crippen LogP contribution is -2.36. The Morgan fingerprint density at radius 3 is 3.25 bits per heavy atom. The largest absolute Gasteiger partial charge is 0.315 e. The molecule has 0 amide bonds. The van der Waals surface area contributed by atoms with Gasteiger partial charge in [0.15, 0.2) is 0 Å². The highest BCUT2D eigenvalue weighted by atomic mass is 15.2. The van der Waals surface area contributed by atoms with E-state index in [1.54, 1.807) is 0 Å². The molecule has 0 aromatic rings. The molecule has 0 aliphatic carbocycles. The van der Waals surface area contributed by atoms with E-state index in [9.17, 15) is 0 Å². The van der Waals surface area contributed by atoms with Crippen LogP contribution >= 0.6 is 0 Å². The quantitative estimate of drug-likeness (QED) is 0.654. The second-order valence-electron chi connectivity index (χ2n) is 3.39. The first-order valence-corrected chi connectivity index (χ1v) is 4.62. The van der Waals surface area contributed by atoms with E-state index < -0.39 is 0 Å². The molecule has 1 aliphatic rings. The van der Waals surface area contributed by atoms with E-state index in [1.165, 1.54) is 6.42 Å². The SMILES string of the molecule is CN1CCCNCC1CCC#N. The van der Waals surface area contributed by atoms with Gasteiger partial charge in [0.05, 0.1) is 6.07 Å². The number of likely N-dealkylation sites (N-methyl/N-ethyl adjacent to an activating group) is 1. The molecule has 12 heavy (non-hydrogen) atoms. The molecule has 1 saturated heterocycles. The lowest BCUT2D eigenvalue weighted by Gasteiger charge is -2.24. The van der Waals surface area contributed by atoms with Crippen LogP contribution in [0, 0.1) is 11.3 Å². The first-order chi connectivity index (χ1) is 5.84. The van der Waals surface area contributed by atoms with Crippen LogP contribution < -0.4 is 5.32 Å². The Morgan fingerprint density at radius 2 is 2.50 bits per heavy atom. The molecule has 1 aliphatic heterocycles. The minimum absolute atomic E-state index is 0.562. The zero-order chi connectivity index (χ0) is 8.81. The summed E-state index contributed by atoms with van der Waals surface area (Å²) >= 11 is 0. The van der Waals surface area contributed by atoms with Crippen LogP contribution in [-0.4, -0.2) is 37.6 Å². The minimum Gasteiger partial charge on any atom is -0.315 e. The maximum absolute atomic E-state index is 8.46. The number of hydrogen-bond acceptors (Lipinski definition) is 3. The van der Waals surface area contributed by atoms with Crippen LogP contribution in [0.5, 0.6) is 0 Å². The summed E-state index contributed by atoms with van der Waals surface area (Å²) in [5, 5.41) is 11.9. The average Bonchev–Trinajstić information content (AvgIpc) is 2.27. The lowest BCUT2D eigenvalue weighted by molar-refractivity contribution is 0.247. The van der Waals surface area contributed by atoms with Gasteiger partial charge >= 0.3 is 0 Å². The van der Waals surface area contributed by atoms with E-state index in [1.807, 2.05) is 0 Å². The molecule has 0 aromatic heterocycles. The Balaban J connectivity index is 2.32. The summed E-state index contributed by atoms with van der Waals surface area (Å²) in [6.45, 7) is 3.31. The van der Waals surface area contributed by atoms with Crippen LogP contribution in [0.25, 0.3) is 0 Å². The minimum atomic E-state index is 0.562. The van der Waals surface area contributed by atoms with Crippen LogP contribution in [0.15, 0.2) is 0 Å². The number of nitriles is 1. The van der Waals surface area contributed by atoms with Crippen LogP contribution in [-0.2, 0) is 0 Å². The third-order valence-electron chi connectivity index (χ3n) is 2.46. The molecule has 1 N–H and O–H groups in total. The molecule has 1 atom stereocenters. The molecule has 1 rings (SSSR count). The van der Waals surface area contributed by atoms with Crippen LogP contribution in [0.1, 0.15) is 19.3 Å². The van der Waals surface area contributed by atoms with Gasteiger partial charge in [-0.1, -0.05) is 0 Å². The van der Waals surface area contributed by atoms with Crippen LogP contribution in [0.4, 0.5) is 0 Å². The summed E-state index contributed by atoms with van der Waals surface area (Å²) in [7, 11) is 2.15. The molecule has 0 radical (unpaired) electrons.